The topological polar surface area (TPSA) is 95.1 Å². The number of hydrogen-bond donors (Lipinski definition) is 3. The maximum Gasteiger partial charge on any atom is 0.303 e. The maximum absolute atomic E-state index is 11.5. The van der Waals surface area contributed by atoms with E-state index < -0.39 is 5.97 Å². The Morgan fingerprint density at radius 1 is 1.53 bits per heavy atom. The average Bonchev–Trinajstić information content (AvgIpc) is 2.78. The molecule has 0 fully saturated rings. The molecule has 1 unspecified atom stereocenters. The van der Waals surface area contributed by atoms with Gasteiger partial charge in [-0.15, -0.1) is 0 Å². The van der Waals surface area contributed by atoms with Crippen LogP contribution in [0.2, 0.25) is 0 Å². The number of carbonyl (C=O) groups excluding carboxylic acids is 1. The van der Waals surface area contributed by atoms with Crippen LogP contribution in [0.5, 0.6) is 0 Å². The van der Waals surface area contributed by atoms with E-state index in [9.17, 15) is 9.59 Å². The molecule has 1 amide bonds. The van der Waals surface area contributed by atoms with E-state index in [2.05, 4.69) is 15.3 Å². The van der Waals surface area contributed by atoms with Crippen LogP contribution in [0.1, 0.15) is 44.5 Å². The van der Waals surface area contributed by atoms with E-state index in [1.807, 2.05) is 6.92 Å². The molecule has 0 radical (unpaired) electrons. The fraction of sp³-hybridized carbons (Fsp3) is 0.545. The number of aromatic amines is 1. The lowest BCUT2D eigenvalue weighted by molar-refractivity contribution is -0.137. The van der Waals surface area contributed by atoms with Gasteiger partial charge in [0.2, 0.25) is 5.91 Å². The fourth-order valence-corrected chi connectivity index (χ4v) is 1.50. The molecular formula is C11H17N3O3. The molecule has 0 spiro atoms. The van der Waals surface area contributed by atoms with Crippen LogP contribution in [0.15, 0.2) is 12.4 Å². The Bertz CT molecular complexity index is 362. The van der Waals surface area contributed by atoms with Gasteiger partial charge in [0.25, 0.3) is 0 Å². The molecule has 3 N–H and O–H groups in total. The summed E-state index contributed by atoms with van der Waals surface area (Å²) in [5, 5.41) is 11.3. The summed E-state index contributed by atoms with van der Waals surface area (Å²) in [5.74, 6) is -0.301. The number of aromatic nitrogens is 2. The largest absolute Gasteiger partial charge is 0.481 e. The first-order valence-electron chi connectivity index (χ1n) is 5.64. The lowest BCUT2D eigenvalue weighted by Crippen LogP contribution is -2.28. The number of H-pyrrole nitrogens is 1. The Balaban J connectivity index is 2.36. The molecule has 94 valence electrons. The minimum atomic E-state index is -0.879. The quantitative estimate of drug-likeness (QED) is 0.667. The number of aliphatic carboxylic acids is 1. The number of carbonyl (C=O) groups is 2. The molecule has 0 aliphatic carbocycles. The first kappa shape index (κ1) is 13.2. The van der Waals surface area contributed by atoms with Gasteiger partial charge in [0.1, 0.15) is 5.82 Å². The van der Waals surface area contributed by atoms with Crippen LogP contribution in [-0.4, -0.2) is 27.0 Å². The van der Waals surface area contributed by atoms with Gasteiger partial charge >= 0.3 is 5.97 Å². The van der Waals surface area contributed by atoms with Crippen molar-refractivity contribution in [2.24, 2.45) is 0 Å². The molecule has 0 aliphatic rings. The summed E-state index contributed by atoms with van der Waals surface area (Å²) in [5.41, 5.74) is 0. The normalized spacial score (nSPS) is 12.1. The molecule has 1 aromatic rings. The zero-order chi connectivity index (χ0) is 12.7. The van der Waals surface area contributed by atoms with Crippen LogP contribution in [-0.2, 0) is 9.59 Å². The summed E-state index contributed by atoms with van der Waals surface area (Å²) in [6, 6.07) is -0.137. The molecule has 0 aromatic carbocycles. The number of carboxylic acids is 1. The average molecular weight is 239 g/mol. The summed E-state index contributed by atoms with van der Waals surface area (Å²) in [7, 11) is 0. The lowest BCUT2D eigenvalue weighted by atomic mass is 10.2. The Morgan fingerprint density at radius 2 is 2.29 bits per heavy atom. The van der Waals surface area contributed by atoms with Gasteiger partial charge in [-0.3, -0.25) is 9.59 Å². The van der Waals surface area contributed by atoms with E-state index in [0.717, 1.165) is 12.2 Å². The number of nitrogens with one attached hydrogen (secondary N) is 2. The Morgan fingerprint density at radius 3 is 2.82 bits per heavy atom. The number of carboxylic acid groups (broad SMARTS) is 1. The van der Waals surface area contributed by atoms with Crippen molar-refractivity contribution in [2.75, 3.05) is 0 Å². The van der Waals surface area contributed by atoms with Crippen LogP contribution in [0.25, 0.3) is 0 Å². The Labute approximate surface area is 99.4 Å². The third-order valence-electron chi connectivity index (χ3n) is 2.39. The first-order chi connectivity index (χ1) is 8.13. The molecular weight excluding hydrogens is 222 g/mol. The van der Waals surface area contributed by atoms with E-state index in [1.54, 1.807) is 12.4 Å². The van der Waals surface area contributed by atoms with Gasteiger partial charge in [0.05, 0.1) is 6.04 Å². The van der Waals surface area contributed by atoms with Gasteiger partial charge in [-0.25, -0.2) is 4.98 Å². The molecule has 0 aliphatic heterocycles. The molecule has 0 saturated heterocycles. The van der Waals surface area contributed by atoms with Crippen molar-refractivity contribution in [3.05, 3.63) is 18.2 Å². The van der Waals surface area contributed by atoms with Crippen LogP contribution < -0.4 is 5.32 Å². The third kappa shape index (κ3) is 4.67. The molecule has 0 saturated carbocycles. The molecule has 1 heterocycles. The van der Waals surface area contributed by atoms with Crippen molar-refractivity contribution >= 4 is 11.9 Å². The van der Waals surface area contributed by atoms with Gasteiger partial charge in [-0.1, -0.05) is 6.92 Å². The molecule has 1 aromatic heterocycles. The minimum Gasteiger partial charge on any atom is -0.481 e. The van der Waals surface area contributed by atoms with E-state index in [0.29, 0.717) is 6.42 Å². The smallest absolute Gasteiger partial charge is 0.303 e. The lowest BCUT2D eigenvalue weighted by Gasteiger charge is -2.14. The number of amides is 1. The van der Waals surface area contributed by atoms with Gasteiger partial charge in [0, 0.05) is 25.2 Å². The highest BCUT2D eigenvalue weighted by Crippen LogP contribution is 2.11. The second-order valence-electron chi connectivity index (χ2n) is 3.75. The summed E-state index contributed by atoms with van der Waals surface area (Å²) in [4.78, 5) is 28.9. The van der Waals surface area contributed by atoms with Gasteiger partial charge in [-0.05, 0) is 12.8 Å². The zero-order valence-electron chi connectivity index (χ0n) is 9.77. The highest BCUT2D eigenvalue weighted by Gasteiger charge is 2.14. The summed E-state index contributed by atoms with van der Waals surface area (Å²) >= 11 is 0. The second-order valence-corrected chi connectivity index (χ2v) is 3.75. The second kappa shape index (κ2) is 6.67. The number of imidazole rings is 1. The van der Waals surface area contributed by atoms with E-state index in [4.69, 9.17) is 5.11 Å². The predicted octanol–water partition coefficient (Wildman–Crippen LogP) is 1.23. The third-order valence-corrected chi connectivity index (χ3v) is 2.39. The van der Waals surface area contributed by atoms with Gasteiger partial charge in [-0.2, -0.15) is 0 Å². The van der Waals surface area contributed by atoms with Crippen molar-refractivity contribution in [3.8, 4) is 0 Å². The Hall–Kier alpha value is -1.85. The molecule has 6 heteroatoms. The monoisotopic (exact) mass is 239 g/mol. The summed E-state index contributed by atoms with van der Waals surface area (Å²) in [6.07, 6.45) is 4.67. The highest BCUT2D eigenvalue weighted by atomic mass is 16.4. The fourth-order valence-electron chi connectivity index (χ4n) is 1.50. The SMILES string of the molecule is CCC(NC(=O)CCCC(=O)O)c1ncc[nH]1. The minimum absolute atomic E-state index is 0.0188. The predicted molar refractivity (Wildman–Crippen MR) is 61.2 cm³/mol. The molecule has 1 atom stereocenters. The highest BCUT2D eigenvalue weighted by molar-refractivity contribution is 5.77. The number of nitrogens with zero attached hydrogens (tertiary/aromatic N) is 1. The zero-order valence-corrected chi connectivity index (χ0v) is 9.77. The van der Waals surface area contributed by atoms with Gasteiger partial charge in [0.15, 0.2) is 0 Å². The Kier molecular flexibility index (Phi) is 5.19. The molecule has 1 rings (SSSR count). The van der Waals surface area contributed by atoms with E-state index >= 15 is 0 Å². The summed E-state index contributed by atoms with van der Waals surface area (Å²) in [6.45, 7) is 1.95. The van der Waals surface area contributed by atoms with Crippen LogP contribution in [0.3, 0.4) is 0 Å². The van der Waals surface area contributed by atoms with Crippen LogP contribution in [0, 0.1) is 0 Å². The van der Waals surface area contributed by atoms with Crippen molar-refractivity contribution < 1.29 is 14.7 Å². The maximum atomic E-state index is 11.5. The van der Waals surface area contributed by atoms with Crippen LogP contribution in [0.4, 0.5) is 0 Å². The van der Waals surface area contributed by atoms with Crippen molar-refractivity contribution in [1.82, 2.24) is 15.3 Å². The number of hydrogen-bond acceptors (Lipinski definition) is 3. The van der Waals surface area contributed by atoms with Crippen molar-refractivity contribution in [2.45, 2.75) is 38.6 Å². The summed E-state index contributed by atoms with van der Waals surface area (Å²) < 4.78 is 0. The molecule has 6 nitrogen and oxygen atoms in total. The standard InChI is InChI=1S/C11H17N3O3/c1-2-8(11-12-6-7-13-11)14-9(15)4-3-5-10(16)17/h6-8H,2-5H2,1H3,(H,12,13)(H,14,15)(H,16,17). The first-order valence-corrected chi connectivity index (χ1v) is 5.64. The molecule has 0 bridgehead atoms. The van der Waals surface area contributed by atoms with E-state index in [-0.39, 0.29) is 24.8 Å². The van der Waals surface area contributed by atoms with Crippen molar-refractivity contribution in [3.63, 3.8) is 0 Å². The number of rotatable bonds is 7. The van der Waals surface area contributed by atoms with Gasteiger partial charge < -0.3 is 15.4 Å². The molecule has 17 heavy (non-hydrogen) atoms. The van der Waals surface area contributed by atoms with E-state index in [1.165, 1.54) is 0 Å². The van der Waals surface area contributed by atoms with Crippen LogP contribution >= 0.6 is 0 Å². The van der Waals surface area contributed by atoms with Crippen molar-refractivity contribution in [1.29, 1.82) is 0 Å².